The Balaban J connectivity index is 0.000000350. The van der Waals surface area contributed by atoms with Crippen LogP contribution in [0.25, 0.3) is 16.6 Å². The summed E-state index contributed by atoms with van der Waals surface area (Å²) in [4.78, 5) is 19.1. The zero-order valence-electron chi connectivity index (χ0n) is 17.6. The number of carbonyl (C=O) groups is 2. The van der Waals surface area contributed by atoms with Crippen molar-refractivity contribution in [3.05, 3.63) is 66.0 Å². The van der Waals surface area contributed by atoms with Crippen LogP contribution in [0.1, 0.15) is 0 Å². The third kappa shape index (κ3) is 6.56. The molecule has 2 heterocycles. The normalized spacial score (nSPS) is 15.7. The Morgan fingerprint density at radius 1 is 1.12 bits per heavy atom. The van der Waals surface area contributed by atoms with Gasteiger partial charge in [0.15, 0.2) is 5.82 Å². The molecule has 3 aromatic rings. The van der Waals surface area contributed by atoms with Crippen LogP contribution < -0.4 is 10.1 Å². The van der Waals surface area contributed by atoms with Crippen molar-refractivity contribution in [2.24, 2.45) is 0 Å². The summed E-state index contributed by atoms with van der Waals surface area (Å²) in [5.74, 6) is -4.27. The summed E-state index contributed by atoms with van der Waals surface area (Å²) in [5, 5.41) is 23.5. The second-order valence-electron chi connectivity index (χ2n) is 6.99. The summed E-state index contributed by atoms with van der Waals surface area (Å²) in [6, 6.07) is 7.19. The van der Waals surface area contributed by atoms with Gasteiger partial charge in [-0.15, -0.1) is 5.10 Å². The van der Waals surface area contributed by atoms with E-state index in [9.17, 15) is 22.8 Å². The number of carboxylic acid groups (broad SMARTS) is 2. The fourth-order valence-electron chi connectivity index (χ4n) is 3.05. The number of aromatic nitrogens is 2. The van der Waals surface area contributed by atoms with Gasteiger partial charge in [-0.25, -0.2) is 27.4 Å². The van der Waals surface area contributed by atoms with Crippen molar-refractivity contribution >= 4 is 22.8 Å². The molecule has 180 valence electrons. The molecule has 2 aromatic carbocycles. The van der Waals surface area contributed by atoms with Gasteiger partial charge in [-0.2, -0.15) is 0 Å². The van der Waals surface area contributed by atoms with Crippen LogP contribution in [0.2, 0.25) is 0 Å². The van der Waals surface area contributed by atoms with Crippen LogP contribution in [0.15, 0.2) is 48.6 Å². The molecular weight excluding hydrogens is 459 g/mol. The minimum absolute atomic E-state index is 0.0495. The zero-order chi connectivity index (χ0) is 24.7. The second kappa shape index (κ2) is 11.3. The van der Waals surface area contributed by atoms with Crippen molar-refractivity contribution < 1.29 is 42.4 Å². The van der Waals surface area contributed by atoms with Crippen LogP contribution in [0.3, 0.4) is 0 Å². The van der Waals surface area contributed by atoms with E-state index in [4.69, 9.17) is 19.7 Å². The highest BCUT2D eigenvalue weighted by Gasteiger charge is 2.19. The molecule has 1 atom stereocenters. The molecule has 1 fully saturated rings. The lowest BCUT2D eigenvalue weighted by molar-refractivity contribution is -0.134. The van der Waals surface area contributed by atoms with E-state index in [0.717, 1.165) is 18.7 Å². The number of fused-ring (bicyclic) bond motifs is 1. The maximum Gasteiger partial charge on any atom is 0.328 e. The van der Waals surface area contributed by atoms with Crippen LogP contribution >= 0.6 is 0 Å². The van der Waals surface area contributed by atoms with Crippen molar-refractivity contribution in [1.29, 1.82) is 0 Å². The number of rotatable bonds is 6. The summed E-state index contributed by atoms with van der Waals surface area (Å²) < 4.78 is 53.6. The summed E-state index contributed by atoms with van der Waals surface area (Å²) in [5.41, 5.74) is 0.503. The molecule has 1 aliphatic heterocycles. The van der Waals surface area contributed by atoms with Crippen LogP contribution in [0.5, 0.6) is 5.88 Å². The molecule has 0 amide bonds. The van der Waals surface area contributed by atoms with Gasteiger partial charge in [0.1, 0.15) is 30.0 Å². The molecule has 0 unspecified atom stereocenters. The van der Waals surface area contributed by atoms with Crippen LogP contribution in [-0.4, -0.2) is 64.3 Å². The fourth-order valence-corrected chi connectivity index (χ4v) is 3.05. The number of morpholine rings is 1. The quantitative estimate of drug-likeness (QED) is 0.461. The van der Waals surface area contributed by atoms with Gasteiger partial charge in [-0.3, -0.25) is 0 Å². The first-order chi connectivity index (χ1) is 16.2. The Hall–Kier alpha value is -3.90. The molecule has 1 aliphatic rings. The Bertz CT molecular complexity index is 1190. The average Bonchev–Trinajstić information content (AvgIpc) is 3.15. The summed E-state index contributed by atoms with van der Waals surface area (Å²) in [7, 11) is 0. The predicted octanol–water partition coefficient (Wildman–Crippen LogP) is 2.52. The molecular formula is C22H20F3N3O6. The van der Waals surface area contributed by atoms with Gasteiger partial charge in [0, 0.05) is 31.3 Å². The molecule has 1 saturated heterocycles. The number of nitrogens with one attached hydrogen (secondary N) is 1. The van der Waals surface area contributed by atoms with Crippen LogP contribution in [0.4, 0.5) is 13.2 Å². The van der Waals surface area contributed by atoms with Crippen molar-refractivity contribution in [2.75, 3.05) is 26.3 Å². The Kier molecular flexibility index (Phi) is 8.22. The van der Waals surface area contributed by atoms with Crippen molar-refractivity contribution in [3.63, 3.8) is 0 Å². The van der Waals surface area contributed by atoms with Gasteiger partial charge in [0.05, 0.1) is 17.5 Å². The highest BCUT2D eigenvalue weighted by Crippen LogP contribution is 2.29. The summed E-state index contributed by atoms with van der Waals surface area (Å²) in [6.07, 6.45) is 0.963. The summed E-state index contributed by atoms with van der Waals surface area (Å²) in [6.45, 7) is 2.23. The average molecular weight is 479 g/mol. The van der Waals surface area contributed by atoms with Crippen molar-refractivity contribution in [2.45, 2.75) is 6.10 Å². The van der Waals surface area contributed by atoms with Crippen LogP contribution in [-0.2, 0) is 14.3 Å². The third-order valence-corrected chi connectivity index (χ3v) is 4.52. The Morgan fingerprint density at radius 2 is 1.79 bits per heavy atom. The highest BCUT2D eigenvalue weighted by atomic mass is 19.1. The molecule has 4 rings (SSSR count). The van der Waals surface area contributed by atoms with E-state index in [-0.39, 0.29) is 24.3 Å². The Labute approximate surface area is 191 Å². The van der Waals surface area contributed by atoms with Gasteiger partial charge in [0.25, 0.3) is 0 Å². The first-order valence-electron chi connectivity index (χ1n) is 9.97. The number of aliphatic carboxylic acids is 2. The predicted molar refractivity (Wildman–Crippen MR) is 113 cm³/mol. The lowest BCUT2D eigenvalue weighted by atomic mass is 10.2. The third-order valence-electron chi connectivity index (χ3n) is 4.52. The van der Waals surface area contributed by atoms with Crippen molar-refractivity contribution in [3.8, 4) is 11.6 Å². The van der Waals surface area contributed by atoms with E-state index in [1.54, 1.807) is 0 Å². The van der Waals surface area contributed by atoms with E-state index in [1.807, 2.05) is 0 Å². The van der Waals surface area contributed by atoms with Gasteiger partial charge in [0.2, 0.25) is 5.88 Å². The second-order valence-corrected chi connectivity index (χ2v) is 6.99. The lowest BCUT2D eigenvalue weighted by Crippen LogP contribution is -2.41. The lowest BCUT2D eigenvalue weighted by Gasteiger charge is -2.23. The van der Waals surface area contributed by atoms with E-state index >= 15 is 0 Å². The number of hydrogen-bond donors (Lipinski definition) is 3. The number of ether oxygens (including phenoxy) is 2. The van der Waals surface area contributed by atoms with Gasteiger partial charge in [-0.05, 0) is 30.3 Å². The van der Waals surface area contributed by atoms with E-state index < -0.39 is 29.4 Å². The standard InChI is InChI=1S/C18H16F3N3O2.C4H4O4/c19-11-1-3-16-14(7-11)18(26-10-13-9-22-5-6-25-13)23-24(16)17-4-2-12(20)8-15(17)21;5-3(6)1-2-4(7)8/h1-4,7-8,13,22H,5-6,9-10H2;1-2H,(H,5,6)(H,7,8)/t13-;/m0./s1. The molecule has 12 heteroatoms. The maximum absolute atomic E-state index is 14.2. The molecule has 0 spiro atoms. The minimum atomic E-state index is -1.26. The first-order valence-corrected chi connectivity index (χ1v) is 9.97. The molecule has 34 heavy (non-hydrogen) atoms. The first kappa shape index (κ1) is 24.7. The van der Waals surface area contributed by atoms with E-state index in [2.05, 4.69) is 10.4 Å². The SMILES string of the molecule is Fc1ccc(-n2nc(OC[C@@H]3CNCCO3)c3cc(F)ccc32)c(F)c1.O=C(O)C=CC(=O)O. The molecule has 0 bridgehead atoms. The zero-order valence-corrected chi connectivity index (χ0v) is 17.6. The van der Waals surface area contributed by atoms with E-state index in [1.165, 1.54) is 28.9 Å². The fraction of sp³-hybridized carbons (Fsp3) is 0.227. The topological polar surface area (TPSA) is 123 Å². The molecule has 0 saturated carbocycles. The highest BCUT2D eigenvalue weighted by molar-refractivity contribution is 5.89. The number of hydrogen-bond acceptors (Lipinski definition) is 6. The largest absolute Gasteiger partial charge is 0.478 e. The minimum Gasteiger partial charge on any atom is -0.478 e. The van der Waals surface area contributed by atoms with Gasteiger partial charge in [-0.1, -0.05) is 0 Å². The summed E-state index contributed by atoms with van der Waals surface area (Å²) >= 11 is 0. The maximum atomic E-state index is 14.2. The van der Waals surface area contributed by atoms with Crippen LogP contribution in [0, 0.1) is 17.5 Å². The number of halogens is 3. The molecule has 0 aliphatic carbocycles. The van der Waals surface area contributed by atoms with Gasteiger partial charge < -0.3 is 25.0 Å². The molecule has 1 aromatic heterocycles. The number of nitrogens with zero attached hydrogens (tertiary/aromatic N) is 2. The Morgan fingerprint density at radius 3 is 2.41 bits per heavy atom. The monoisotopic (exact) mass is 479 g/mol. The number of benzene rings is 2. The smallest absolute Gasteiger partial charge is 0.328 e. The molecule has 9 nitrogen and oxygen atoms in total. The van der Waals surface area contributed by atoms with Crippen molar-refractivity contribution in [1.82, 2.24) is 15.1 Å². The molecule has 3 N–H and O–H groups in total. The van der Waals surface area contributed by atoms with E-state index in [0.29, 0.717) is 36.2 Å². The number of carboxylic acids is 2. The molecule has 0 radical (unpaired) electrons. The van der Waals surface area contributed by atoms with Gasteiger partial charge >= 0.3 is 11.9 Å².